The lowest BCUT2D eigenvalue weighted by Gasteiger charge is -2.44. The highest BCUT2D eigenvalue weighted by molar-refractivity contribution is 5.82. The summed E-state index contributed by atoms with van der Waals surface area (Å²) in [6.07, 6.45) is 12.2. The van der Waals surface area contributed by atoms with Crippen LogP contribution in [0, 0.1) is 17.7 Å². The predicted molar refractivity (Wildman–Crippen MR) is 115 cm³/mol. The maximum atomic E-state index is 14.1. The molecule has 2 atom stereocenters. The number of halogens is 1. The number of benzene rings is 1. The number of carbonyl (C=O) groups excluding carboxylic acids is 1. The van der Waals surface area contributed by atoms with Gasteiger partial charge in [-0.3, -0.25) is 4.79 Å². The lowest BCUT2D eigenvalue weighted by atomic mass is 9.73. The van der Waals surface area contributed by atoms with Crippen LogP contribution in [-0.2, 0) is 10.2 Å². The zero-order valence-electron chi connectivity index (χ0n) is 17.8. The van der Waals surface area contributed by atoms with E-state index in [-0.39, 0.29) is 17.0 Å². The van der Waals surface area contributed by atoms with Crippen LogP contribution in [0.25, 0.3) is 0 Å². The molecule has 0 aromatic heterocycles. The molecule has 3 nitrogen and oxygen atoms in total. The summed E-state index contributed by atoms with van der Waals surface area (Å²) >= 11 is 0. The zero-order chi connectivity index (χ0) is 20.0. The first-order valence-electron chi connectivity index (χ1n) is 11.8. The average Bonchev–Trinajstić information content (AvgIpc) is 3.26. The van der Waals surface area contributed by atoms with E-state index in [4.69, 9.17) is 0 Å². The SMILES string of the molecule is CC(=O)CN1CC2(CCN(C3CCC4CCC(CC3)C4)CC2)c2cc(F)ccc21. The Hall–Kier alpha value is -1.42. The van der Waals surface area contributed by atoms with Gasteiger partial charge in [0.2, 0.25) is 0 Å². The van der Waals surface area contributed by atoms with Crippen LogP contribution in [0.2, 0.25) is 0 Å². The van der Waals surface area contributed by atoms with Crippen LogP contribution < -0.4 is 4.90 Å². The van der Waals surface area contributed by atoms with Gasteiger partial charge in [-0.15, -0.1) is 0 Å². The van der Waals surface area contributed by atoms with Crippen LogP contribution in [0.15, 0.2) is 18.2 Å². The first-order valence-corrected chi connectivity index (χ1v) is 11.8. The van der Waals surface area contributed by atoms with Crippen molar-refractivity contribution < 1.29 is 9.18 Å². The highest BCUT2D eigenvalue weighted by Crippen LogP contribution is 2.48. The smallest absolute Gasteiger partial charge is 0.149 e. The Morgan fingerprint density at radius 2 is 1.72 bits per heavy atom. The van der Waals surface area contributed by atoms with Crippen molar-refractivity contribution in [2.45, 2.75) is 76.2 Å². The molecule has 3 fully saturated rings. The number of rotatable bonds is 3. The molecular weight excluding hydrogens is 363 g/mol. The fraction of sp³-hybridized carbons (Fsp3) is 0.720. The molecule has 1 aromatic rings. The summed E-state index contributed by atoms with van der Waals surface area (Å²) in [6, 6.07) is 5.93. The fourth-order valence-corrected chi connectivity index (χ4v) is 6.97. The predicted octanol–water partition coefficient (Wildman–Crippen LogP) is 4.93. The molecular formula is C25H35FN2O. The van der Waals surface area contributed by atoms with Crippen molar-refractivity contribution in [1.82, 2.24) is 4.90 Å². The summed E-state index contributed by atoms with van der Waals surface area (Å²) in [5.74, 6) is 2.01. The number of carbonyl (C=O) groups is 1. The Morgan fingerprint density at radius 3 is 2.38 bits per heavy atom. The van der Waals surface area contributed by atoms with Crippen molar-refractivity contribution >= 4 is 11.5 Å². The van der Waals surface area contributed by atoms with Gasteiger partial charge in [0.05, 0.1) is 6.54 Å². The zero-order valence-corrected chi connectivity index (χ0v) is 17.8. The number of nitrogens with zero attached hydrogens (tertiary/aromatic N) is 2. The molecule has 1 spiro atoms. The van der Waals surface area contributed by atoms with Gasteiger partial charge >= 0.3 is 0 Å². The van der Waals surface area contributed by atoms with E-state index in [0.29, 0.717) is 6.54 Å². The van der Waals surface area contributed by atoms with Gasteiger partial charge in [0.25, 0.3) is 0 Å². The lowest BCUT2D eigenvalue weighted by Crippen LogP contribution is -2.49. The third kappa shape index (κ3) is 3.73. The Labute approximate surface area is 174 Å². The van der Waals surface area contributed by atoms with Crippen molar-refractivity contribution in [1.29, 1.82) is 0 Å². The van der Waals surface area contributed by atoms with Crippen LogP contribution in [0.5, 0.6) is 0 Å². The van der Waals surface area contributed by atoms with E-state index in [1.165, 1.54) is 44.9 Å². The maximum Gasteiger partial charge on any atom is 0.149 e. The topological polar surface area (TPSA) is 23.6 Å². The molecule has 2 heterocycles. The summed E-state index contributed by atoms with van der Waals surface area (Å²) in [4.78, 5) is 16.7. The van der Waals surface area contributed by atoms with Crippen LogP contribution >= 0.6 is 0 Å². The molecule has 0 amide bonds. The molecule has 2 unspecified atom stereocenters. The minimum Gasteiger partial charge on any atom is -0.363 e. The van der Waals surface area contributed by atoms with Crippen LogP contribution in [0.4, 0.5) is 10.1 Å². The van der Waals surface area contributed by atoms with Crippen molar-refractivity contribution in [2.75, 3.05) is 31.1 Å². The van der Waals surface area contributed by atoms with E-state index in [1.54, 1.807) is 19.1 Å². The number of hydrogen-bond acceptors (Lipinski definition) is 3. The van der Waals surface area contributed by atoms with E-state index in [9.17, 15) is 9.18 Å². The third-order valence-electron chi connectivity index (χ3n) is 8.52. The molecule has 158 valence electrons. The Balaban J connectivity index is 1.30. The quantitative estimate of drug-likeness (QED) is 0.721. The number of anilines is 1. The molecule has 5 rings (SSSR count). The van der Waals surface area contributed by atoms with Gasteiger partial charge < -0.3 is 9.80 Å². The molecule has 0 N–H and O–H groups in total. The molecule has 1 aromatic carbocycles. The second-order valence-electron chi connectivity index (χ2n) is 10.4. The largest absolute Gasteiger partial charge is 0.363 e. The highest BCUT2D eigenvalue weighted by Gasteiger charge is 2.46. The monoisotopic (exact) mass is 398 g/mol. The minimum absolute atomic E-state index is 0.0179. The number of ketones is 1. The van der Waals surface area contributed by atoms with Gasteiger partial charge in [-0.25, -0.2) is 4.39 Å². The van der Waals surface area contributed by atoms with Gasteiger partial charge in [0.1, 0.15) is 11.6 Å². The summed E-state index contributed by atoms with van der Waals surface area (Å²) in [5, 5.41) is 0. The molecule has 2 saturated carbocycles. The molecule has 2 bridgehead atoms. The average molecular weight is 399 g/mol. The van der Waals surface area contributed by atoms with Crippen molar-refractivity contribution in [3.05, 3.63) is 29.6 Å². The van der Waals surface area contributed by atoms with Crippen molar-refractivity contribution in [3.8, 4) is 0 Å². The van der Waals surface area contributed by atoms with Crippen molar-refractivity contribution in [3.63, 3.8) is 0 Å². The molecule has 4 heteroatoms. The van der Waals surface area contributed by atoms with Gasteiger partial charge in [-0.1, -0.05) is 12.8 Å². The first-order chi connectivity index (χ1) is 14.0. The van der Waals surface area contributed by atoms with Crippen LogP contribution in [0.3, 0.4) is 0 Å². The second kappa shape index (κ2) is 7.68. The van der Waals surface area contributed by atoms with Gasteiger partial charge in [0, 0.05) is 23.7 Å². The molecule has 1 saturated heterocycles. The Morgan fingerprint density at radius 1 is 1.07 bits per heavy atom. The van der Waals surface area contributed by atoms with E-state index in [0.717, 1.165) is 61.6 Å². The maximum absolute atomic E-state index is 14.1. The Kier molecular flexibility index (Phi) is 5.18. The fourth-order valence-electron chi connectivity index (χ4n) is 6.97. The molecule has 0 radical (unpaired) electrons. The second-order valence-corrected chi connectivity index (χ2v) is 10.4. The number of Topliss-reactive ketones (excluding diaryl/α,β-unsaturated/α-hetero) is 1. The standard InChI is InChI=1S/C25H35FN2O/c1-18(29)16-28-17-25(23-15-21(26)6-9-24(23)28)10-12-27(13-11-25)22-7-4-19-2-3-20(14-19)5-8-22/h6,9,15,19-20,22H,2-5,7-8,10-14,16-17H2,1H3. The summed E-state index contributed by atoms with van der Waals surface area (Å²) in [5.41, 5.74) is 2.25. The molecule has 29 heavy (non-hydrogen) atoms. The van der Waals surface area contributed by atoms with Crippen molar-refractivity contribution in [2.24, 2.45) is 11.8 Å². The van der Waals surface area contributed by atoms with E-state index in [2.05, 4.69) is 9.80 Å². The minimum atomic E-state index is -0.147. The normalized spacial score (nSPS) is 31.5. The highest BCUT2D eigenvalue weighted by atomic mass is 19.1. The number of fused-ring (bicyclic) bond motifs is 4. The lowest BCUT2D eigenvalue weighted by molar-refractivity contribution is -0.115. The summed E-state index contributed by atoms with van der Waals surface area (Å²) in [7, 11) is 0. The molecule has 2 aliphatic heterocycles. The van der Waals surface area contributed by atoms with Crippen LogP contribution in [0.1, 0.15) is 70.3 Å². The summed E-state index contributed by atoms with van der Waals surface area (Å²) < 4.78 is 14.1. The van der Waals surface area contributed by atoms with E-state index < -0.39 is 0 Å². The van der Waals surface area contributed by atoms with E-state index in [1.807, 2.05) is 6.07 Å². The molecule has 4 aliphatic rings. The number of likely N-dealkylation sites (tertiary alicyclic amines) is 1. The van der Waals surface area contributed by atoms with Gasteiger partial charge in [-0.2, -0.15) is 0 Å². The van der Waals surface area contributed by atoms with E-state index >= 15 is 0 Å². The third-order valence-corrected chi connectivity index (χ3v) is 8.52. The summed E-state index contributed by atoms with van der Waals surface area (Å²) in [6.45, 7) is 5.19. The van der Waals surface area contributed by atoms with Gasteiger partial charge in [0.15, 0.2) is 0 Å². The van der Waals surface area contributed by atoms with Gasteiger partial charge in [-0.05, 0) is 101 Å². The number of piperidine rings is 1. The Bertz CT molecular complexity index is 756. The molecule has 2 aliphatic carbocycles. The van der Waals surface area contributed by atoms with Crippen LogP contribution in [-0.4, -0.2) is 42.9 Å². The number of hydrogen-bond donors (Lipinski definition) is 0. The first kappa shape index (κ1) is 19.5.